The topological polar surface area (TPSA) is 80.4 Å². The SMILES string of the molecule is NCC(c1ccccc1)c1ccc(S(=O)(=O)O)cc1. The van der Waals surface area contributed by atoms with Crippen molar-refractivity contribution >= 4 is 10.1 Å². The molecule has 19 heavy (non-hydrogen) atoms. The predicted octanol–water partition coefficient (Wildman–Crippen LogP) is 2.02. The molecule has 0 heterocycles. The Labute approximate surface area is 112 Å². The van der Waals surface area contributed by atoms with Gasteiger partial charge in [0, 0.05) is 12.5 Å². The minimum Gasteiger partial charge on any atom is -0.330 e. The predicted molar refractivity (Wildman–Crippen MR) is 73.6 cm³/mol. The zero-order chi connectivity index (χ0) is 13.9. The van der Waals surface area contributed by atoms with Gasteiger partial charge in [0.2, 0.25) is 0 Å². The lowest BCUT2D eigenvalue weighted by Crippen LogP contribution is -2.13. The lowest BCUT2D eigenvalue weighted by atomic mass is 9.91. The van der Waals surface area contributed by atoms with Crippen LogP contribution in [0.25, 0.3) is 0 Å². The van der Waals surface area contributed by atoms with Gasteiger partial charge in [0.15, 0.2) is 0 Å². The third-order valence-electron chi connectivity index (χ3n) is 3.02. The summed E-state index contributed by atoms with van der Waals surface area (Å²) in [7, 11) is -4.15. The summed E-state index contributed by atoms with van der Waals surface area (Å²) in [5.41, 5.74) is 7.78. The van der Waals surface area contributed by atoms with Crippen molar-refractivity contribution in [3.8, 4) is 0 Å². The molecule has 0 radical (unpaired) electrons. The smallest absolute Gasteiger partial charge is 0.294 e. The second-order valence-electron chi connectivity index (χ2n) is 4.24. The molecule has 5 heteroatoms. The molecular formula is C14H15NO3S. The van der Waals surface area contributed by atoms with E-state index in [0.29, 0.717) is 6.54 Å². The molecular weight excluding hydrogens is 262 g/mol. The zero-order valence-electron chi connectivity index (χ0n) is 10.2. The highest BCUT2D eigenvalue weighted by Gasteiger charge is 2.14. The number of hydrogen-bond donors (Lipinski definition) is 2. The van der Waals surface area contributed by atoms with Gasteiger partial charge in [0.25, 0.3) is 10.1 Å². The van der Waals surface area contributed by atoms with Crippen LogP contribution in [0.15, 0.2) is 59.5 Å². The Morgan fingerprint density at radius 1 is 0.947 bits per heavy atom. The summed E-state index contributed by atoms with van der Waals surface area (Å²) in [6, 6.07) is 15.9. The first-order chi connectivity index (χ1) is 9.02. The molecule has 0 amide bonds. The largest absolute Gasteiger partial charge is 0.330 e. The van der Waals surface area contributed by atoms with E-state index in [-0.39, 0.29) is 10.8 Å². The lowest BCUT2D eigenvalue weighted by Gasteiger charge is -2.15. The molecule has 0 saturated heterocycles. The van der Waals surface area contributed by atoms with Crippen LogP contribution < -0.4 is 5.73 Å². The molecule has 0 aromatic heterocycles. The Morgan fingerprint density at radius 2 is 1.47 bits per heavy atom. The van der Waals surface area contributed by atoms with Crippen LogP contribution in [0.3, 0.4) is 0 Å². The van der Waals surface area contributed by atoms with E-state index in [1.807, 2.05) is 30.3 Å². The highest BCUT2D eigenvalue weighted by Crippen LogP contribution is 2.24. The summed E-state index contributed by atoms with van der Waals surface area (Å²) >= 11 is 0. The van der Waals surface area contributed by atoms with Crippen LogP contribution in [-0.2, 0) is 10.1 Å². The first-order valence-electron chi connectivity index (χ1n) is 5.85. The molecule has 3 N–H and O–H groups in total. The van der Waals surface area contributed by atoms with E-state index in [9.17, 15) is 8.42 Å². The van der Waals surface area contributed by atoms with Crippen LogP contribution in [0.2, 0.25) is 0 Å². The number of rotatable bonds is 4. The summed E-state index contributed by atoms with van der Waals surface area (Å²) < 4.78 is 30.9. The van der Waals surface area contributed by atoms with E-state index in [0.717, 1.165) is 11.1 Å². The zero-order valence-corrected chi connectivity index (χ0v) is 11.0. The van der Waals surface area contributed by atoms with Gasteiger partial charge in [-0.1, -0.05) is 42.5 Å². The maximum atomic E-state index is 11.0. The van der Waals surface area contributed by atoms with Crippen molar-refractivity contribution in [3.05, 3.63) is 65.7 Å². The van der Waals surface area contributed by atoms with Crippen molar-refractivity contribution in [1.82, 2.24) is 0 Å². The van der Waals surface area contributed by atoms with Gasteiger partial charge in [-0.3, -0.25) is 4.55 Å². The molecule has 1 unspecified atom stereocenters. The first kappa shape index (κ1) is 13.7. The van der Waals surface area contributed by atoms with Crippen molar-refractivity contribution in [2.75, 3.05) is 6.54 Å². The van der Waals surface area contributed by atoms with Crippen molar-refractivity contribution < 1.29 is 13.0 Å². The maximum absolute atomic E-state index is 11.0. The van der Waals surface area contributed by atoms with Crippen LogP contribution in [0.4, 0.5) is 0 Å². The van der Waals surface area contributed by atoms with Gasteiger partial charge in [-0.25, -0.2) is 0 Å². The van der Waals surface area contributed by atoms with Gasteiger partial charge in [-0.2, -0.15) is 8.42 Å². The monoisotopic (exact) mass is 277 g/mol. The maximum Gasteiger partial charge on any atom is 0.294 e. The van der Waals surface area contributed by atoms with Crippen LogP contribution in [0.5, 0.6) is 0 Å². The molecule has 100 valence electrons. The third-order valence-corrected chi connectivity index (χ3v) is 3.89. The Morgan fingerprint density at radius 3 is 1.95 bits per heavy atom. The number of benzene rings is 2. The van der Waals surface area contributed by atoms with Crippen LogP contribution in [0, 0.1) is 0 Å². The van der Waals surface area contributed by atoms with E-state index in [4.69, 9.17) is 10.3 Å². The quantitative estimate of drug-likeness (QED) is 0.838. The minimum absolute atomic E-state index is 0.0108. The fraction of sp³-hybridized carbons (Fsp3) is 0.143. The van der Waals surface area contributed by atoms with E-state index in [1.54, 1.807) is 12.1 Å². The fourth-order valence-electron chi connectivity index (χ4n) is 2.02. The van der Waals surface area contributed by atoms with Gasteiger partial charge < -0.3 is 5.73 Å². The van der Waals surface area contributed by atoms with Crippen molar-refractivity contribution in [1.29, 1.82) is 0 Å². The highest BCUT2D eigenvalue weighted by molar-refractivity contribution is 7.85. The van der Waals surface area contributed by atoms with Gasteiger partial charge >= 0.3 is 0 Å². The highest BCUT2D eigenvalue weighted by atomic mass is 32.2. The number of nitrogens with two attached hydrogens (primary N) is 1. The molecule has 0 fully saturated rings. The van der Waals surface area contributed by atoms with Gasteiger partial charge in [-0.15, -0.1) is 0 Å². The fourth-order valence-corrected chi connectivity index (χ4v) is 2.50. The number of hydrogen-bond acceptors (Lipinski definition) is 3. The van der Waals surface area contributed by atoms with Gasteiger partial charge in [-0.05, 0) is 23.3 Å². The van der Waals surface area contributed by atoms with Gasteiger partial charge in [0.05, 0.1) is 4.90 Å². The van der Waals surface area contributed by atoms with Crippen LogP contribution >= 0.6 is 0 Å². The molecule has 2 aromatic rings. The molecule has 2 aromatic carbocycles. The molecule has 0 saturated carbocycles. The second-order valence-corrected chi connectivity index (χ2v) is 5.66. The summed E-state index contributed by atoms with van der Waals surface area (Å²) in [4.78, 5) is -0.111. The average Bonchev–Trinajstić information content (AvgIpc) is 2.40. The molecule has 0 aliphatic carbocycles. The van der Waals surface area contributed by atoms with E-state index in [2.05, 4.69) is 0 Å². The third kappa shape index (κ3) is 3.20. The minimum atomic E-state index is -4.15. The molecule has 1 atom stereocenters. The molecule has 4 nitrogen and oxygen atoms in total. The Kier molecular flexibility index (Phi) is 3.99. The van der Waals surface area contributed by atoms with Crippen molar-refractivity contribution in [3.63, 3.8) is 0 Å². The summed E-state index contributed by atoms with van der Waals surface area (Å²) in [6.07, 6.45) is 0. The molecule has 0 aliphatic heterocycles. The normalized spacial score (nSPS) is 13.2. The van der Waals surface area contributed by atoms with E-state index in [1.165, 1.54) is 12.1 Å². The summed E-state index contributed by atoms with van der Waals surface area (Å²) in [5, 5.41) is 0. The van der Waals surface area contributed by atoms with Crippen molar-refractivity contribution in [2.24, 2.45) is 5.73 Å². The van der Waals surface area contributed by atoms with Crippen LogP contribution in [0.1, 0.15) is 17.0 Å². The molecule has 2 rings (SSSR count). The standard InChI is InChI=1S/C14H15NO3S/c15-10-14(11-4-2-1-3-5-11)12-6-8-13(9-7-12)19(16,17)18/h1-9,14H,10,15H2,(H,16,17,18). The lowest BCUT2D eigenvalue weighted by molar-refractivity contribution is 0.483. The average molecular weight is 277 g/mol. The Balaban J connectivity index is 2.35. The van der Waals surface area contributed by atoms with E-state index < -0.39 is 10.1 Å². The van der Waals surface area contributed by atoms with Crippen molar-refractivity contribution in [2.45, 2.75) is 10.8 Å². The molecule has 0 bridgehead atoms. The second kappa shape index (κ2) is 5.52. The first-order valence-corrected chi connectivity index (χ1v) is 7.29. The molecule has 0 aliphatic rings. The van der Waals surface area contributed by atoms with Gasteiger partial charge in [0.1, 0.15) is 0 Å². The van der Waals surface area contributed by atoms with Crippen LogP contribution in [-0.4, -0.2) is 19.5 Å². The Hall–Kier alpha value is -1.69. The van der Waals surface area contributed by atoms with E-state index >= 15 is 0 Å². The summed E-state index contributed by atoms with van der Waals surface area (Å²) in [5.74, 6) is 0.0108. The Bertz CT molecular complexity index is 636. The molecule has 0 spiro atoms. The summed E-state index contributed by atoms with van der Waals surface area (Å²) in [6.45, 7) is 0.426.